The molecule has 3 N–H and O–H groups in total. The predicted octanol–water partition coefficient (Wildman–Crippen LogP) is 3.61. The first-order valence-corrected chi connectivity index (χ1v) is 10.7. The first-order chi connectivity index (χ1) is 14.9. The molecule has 3 rings (SSSR count). The number of aryl methyl sites for hydroxylation is 1. The number of fused-ring (bicyclic) bond motifs is 1. The summed E-state index contributed by atoms with van der Waals surface area (Å²) in [6.07, 6.45) is 3.47. The zero-order valence-corrected chi connectivity index (χ0v) is 18.0. The fourth-order valence-electron chi connectivity index (χ4n) is 3.65. The lowest BCUT2D eigenvalue weighted by Crippen LogP contribution is -2.38. The smallest absolute Gasteiger partial charge is 0.305 e. The zero-order chi connectivity index (χ0) is 22.4. The second-order valence-electron chi connectivity index (χ2n) is 7.53. The summed E-state index contributed by atoms with van der Waals surface area (Å²) in [5.74, 6) is -1.67. The summed E-state index contributed by atoms with van der Waals surface area (Å²) in [6.45, 7) is 0.420. The first-order valence-electron chi connectivity index (χ1n) is 10.3. The maximum atomic E-state index is 13.3. The van der Waals surface area contributed by atoms with Gasteiger partial charge < -0.3 is 15.7 Å². The number of hydrogen-bond donors (Lipinski definition) is 2. The molecule has 31 heavy (non-hydrogen) atoms. The van der Waals surface area contributed by atoms with Gasteiger partial charge in [-0.05, 0) is 67.8 Å². The number of carboxylic acids is 1. The number of amides is 2. The minimum absolute atomic E-state index is 0.0332. The lowest BCUT2D eigenvalue weighted by atomic mass is 10.0. The average Bonchev–Trinajstić information content (AvgIpc) is 2.85. The number of carbonyl (C=O) groups is 3. The Morgan fingerprint density at radius 1 is 1.06 bits per heavy atom. The first kappa shape index (κ1) is 22.8. The third kappa shape index (κ3) is 5.62. The topological polar surface area (TPSA) is 104 Å². The quantitative estimate of drug-likeness (QED) is 0.576. The number of hydrogen-bond acceptors (Lipinski definition) is 4. The molecule has 0 aliphatic carbocycles. The number of benzene rings is 2. The summed E-state index contributed by atoms with van der Waals surface area (Å²) < 4.78 is 0. The Morgan fingerprint density at radius 3 is 2.48 bits per heavy atom. The number of nitrogens with two attached hydrogens (primary N) is 1. The summed E-state index contributed by atoms with van der Waals surface area (Å²) in [5, 5.41) is 9.59. The SMILES string of the molecule is NCCCCCc1ccc2c(c1)C(=O)N(CCC(=O)O)CC(=O)N2c1ccc(Cl)cc1. The maximum Gasteiger partial charge on any atom is 0.305 e. The van der Waals surface area contributed by atoms with E-state index in [9.17, 15) is 14.4 Å². The van der Waals surface area contributed by atoms with Crippen LogP contribution in [-0.2, 0) is 16.0 Å². The highest BCUT2D eigenvalue weighted by atomic mass is 35.5. The van der Waals surface area contributed by atoms with Gasteiger partial charge in [0.1, 0.15) is 6.54 Å². The second-order valence-corrected chi connectivity index (χ2v) is 7.96. The number of halogens is 1. The van der Waals surface area contributed by atoms with Crippen LogP contribution in [0.15, 0.2) is 42.5 Å². The Morgan fingerprint density at radius 2 is 1.81 bits per heavy atom. The molecule has 0 fully saturated rings. The van der Waals surface area contributed by atoms with Gasteiger partial charge in [0, 0.05) is 17.3 Å². The zero-order valence-electron chi connectivity index (χ0n) is 17.2. The van der Waals surface area contributed by atoms with Gasteiger partial charge in [-0.25, -0.2) is 0 Å². The van der Waals surface area contributed by atoms with Gasteiger partial charge in [0.2, 0.25) is 0 Å². The number of carboxylic acid groups (broad SMARTS) is 1. The highest BCUT2D eigenvalue weighted by molar-refractivity contribution is 6.30. The molecule has 0 radical (unpaired) electrons. The Balaban J connectivity index is 1.99. The Hall–Kier alpha value is -2.90. The summed E-state index contributed by atoms with van der Waals surface area (Å²) in [4.78, 5) is 40.3. The Bertz CT molecular complexity index is 962. The van der Waals surface area contributed by atoms with Crippen molar-refractivity contribution in [2.24, 2.45) is 5.73 Å². The molecular formula is C23H26ClN3O4. The molecule has 1 aliphatic rings. The number of unbranched alkanes of at least 4 members (excludes halogenated alkanes) is 2. The van der Waals surface area contributed by atoms with E-state index < -0.39 is 5.97 Å². The van der Waals surface area contributed by atoms with Crippen molar-refractivity contribution in [2.45, 2.75) is 32.1 Å². The van der Waals surface area contributed by atoms with Crippen LogP contribution < -0.4 is 10.6 Å². The van der Waals surface area contributed by atoms with E-state index in [-0.39, 0.29) is 31.3 Å². The standard InChI is InChI=1S/C23H26ClN3O4/c24-17-6-8-18(9-7-17)27-20-10-5-16(4-2-1-3-12-25)14-19(20)23(31)26(15-21(27)28)13-11-22(29)30/h5-10,14H,1-4,11-13,15,25H2,(H,29,30). The maximum absolute atomic E-state index is 13.3. The van der Waals surface area contributed by atoms with Crippen molar-refractivity contribution in [3.8, 4) is 0 Å². The number of rotatable bonds is 9. The molecule has 0 aromatic heterocycles. The normalized spacial score (nSPS) is 13.9. The van der Waals surface area contributed by atoms with Crippen LogP contribution in [0.1, 0.15) is 41.6 Å². The molecule has 2 amide bonds. The highest BCUT2D eigenvalue weighted by Crippen LogP contribution is 2.34. The van der Waals surface area contributed by atoms with E-state index in [0.717, 1.165) is 31.2 Å². The molecular weight excluding hydrogens is 418 g/mol. The average molecular weight is 444 g/mol. The molecule has 7 nitrogen and oxygen atoms in total. The van der Waals surface area contributed by atoms with E-state index in [1.807, 2.05) is 12.1 Å². The number of nitrogens with zero attached hydrogens (tertiary/aromatic N) is 2. The molecule has 0 saturated carbocycles. The van der Waals surface area contributed by atoms with Crippen molar-refractivity contribution in [3.05, 3.63) is 58.6 Å². The van der Waals surface area contributed by atoms with Crippen LogP contribution in [-0.4, -0.2) is 47.4 Å². The molecule has 2 aromatic rings. The molecule has 164 valence electrons. The van der Waals surface area contributed by atoms with Crippen molar-refractivity contribution < 1.29 is 19.5 Å². The van der Waals surface area contributed by atoms with Gasteiger partial charge in [0.15, 0.2) is 0 Å². The van der Waals surface area contributed by atoms with E-state index in [4.69, 9.17) is 22.4 Å². The molecule has 1 aliphatic heterocycles. The summed E-state index contributed by atoms with van der Waals surface area (Å²) in [6, 6.07) is 12.4. The van der Waals surface area contributed by atoms with E-state index in [2.05, 4.69) is 0 Å². The minimum Gasteiger partial charge on any atom is -0.481 e. The van der Waals surface area contributed by atoms with Gasteiger partial charge in [-0.3, -0.25) is 19.3 Å². The fourth-order valence-corrected chi connectivity index (χ4v) is 3.78. The molecule has 0 spiro atoms. The summed E-state index contributed by atoms with van der Waals surface area (Å²) >= 11 is 6.00. The van der Waals surface area contributed by atoms with Gasteiger partial charge in [-0.1, -0.05) is 24.1 Å². The van der Waals surface area contributed by atoms with Crippen molar-refractivity contribution in [1.82, 2.24) is 4.90 Å². The van der Waals surface area contributed by atoms with Crippen LogP contribution >= 0.6 is 11.6 Å². The van der Waals surface area contributed by atoms with Gasteiger partial charge in [0.25, 0.3) is 11.8 Å². The molecule has 1 heterocycles. The van der Waals surface area contributed by atoms with Gasteiger partial charge in [-0.2, -0.15) is 0 Å². The van der Waals surface area contributed by atoms with Crippen molar-refractivity contribution in [2.75, 3.05) is 24.5 Å². The minimum atomic E-state index is -1.02. The second kappa shape index (κ2) is 10.4. The predicted molar refractivity (Wildman–Crippen MR) is 120 cm³/mol. The van der Waals surface area contributed by atoms with Crippen LogP contribution in [0.2, 0.25) is 5.02 Å². The Kier molecular flexibility index (Phi) is 7.65. The number of anilines is 2. The molecule has 8 heteroatoms. The van der Waals surface area contributed by atoms with Crippen molar-refractivity contribution in [3.63, 3.8) is 0 Å². The van der Waals surface area contributed by atoms with Gasteiger partial charge in [0.05, 0.1) is 17.7 Å². The lowest BCUT2D eigenvalue weighted by Gasteiger charge is -2.23. The van der Waals surface area contributed by atoms with E-state index in [1.54, 1.807) is 30.3 Å². The van der Waals surface area contributed by atoms with E-state index in [1.165, 1.54) is 9.80 Å². The highest BCUT2D eigenvalue weighted by Gasteiger charge is 2.32. The monoisotopic (exact) mass is 443 g/mol. The molecule has 0 bridgehead atoms. The third-order valence-corrected chi connectivity index (χ3v) is 5.50. The Labute approximate surface area is 186 Å². The molecule has 0 atom stereocenters. The van der Waals surface area contributed by atoms with Crippen LogP contribution in [0.25, 0.3) is 0 Å². The summed E-state index contributed by atoms with van der Waals surface area (Å²) in [5.41, 5.74) is 8.02. The fraction of sp³-hybridized carbons (Fsp3) is 0.348. The van der Waals surface area contributed by atoms with Crippen molar-refractivity contribution in [1.29, 1.82) is 0 Å². The van der Waals surface area contributed by atoms with Crippen LogP contribution in [0.3, 0.4) is 0 Å². The summed E-state index contributed by atoms with van der Waals surface area (Å²) in [7, 11) is 0. The van der Waals surface area contributed by atoms with E-state index in [0.29, 0.717) is 28.5 Å². The van der Waals surface area contributed by atoms with Crippen LogP contribution in [0.4, 0.5) is 11.4 Å². The molecule has 0 saturated heterocycles. The van der Waals surface area contributed by atoms with E-state index >= 15 is 0 Å². The number of carbonyl (C=O) groups excluding carboxylic acids is 2. The van der Waals surface area contributed by atoms with Crippen molar-refractivity contribution >= 4 is 40.8 Å². The van der Waals surface area contributed by atoms with Gasteiger partial charge >= 0.3 is 5.97 Å². The largest absolute Gasteiger partial charge is 0.481 e. The number of aliphatic carboxylic acids is 1. The molecule has 0 unspecified atom stereocenters. The van der Waals surface area contributed by atoms with Crippen LogP contribution in [0.5, 0.6) is 0 Å². The van der Waals surface area contributed by atoms with Crippen LogP contribution in [0, 0.1) is 0 Å². The lowest BCUT2D eigenvalue weighted by molar-refractivity contribution is -0.137. The van der Waals surface area contributed by atoms with Gasteiger partial charge in [-0.15, -0.1) is 0 Å². The molecule has 2 aromatic carbocycles. The third-order valence-electron chi connectivity index (χ3n) is 5.24.